The number of rotatable bonds is 3. The number of halogens is 4. The lowest BCUT2D eigenvalue weighted by Gasteiger charge is -2.17. The van der Waals surface area contributed by atoms with Crippen LogP contribution in [0.4, 0.5) is 23.7 Å². The summed E-state index contributed by atoms with van der Waals surface area (Å²) in [5, 5.41) is 2.21. The summed E-state index contributed by atoms with van der Waals surface area (Å²) < 4.78 is 44.0. The Hall–Kier alpha value is -2.46. The minimum Gasteiger partial charge on any atom is -0.497 e. The van der Waals surface area contributed by atoms with E-state index < -0.39 is 23.7 Å². The number of amides is 3. The Balaban J connectivity index is 2.24. The number of alkyl halides is 3. The summed E-state index contributed by atoms with van der Waals surface area (Å²) in [5.41, 5.74) is -0.761. The van der Waals surface area contributed by atoms with Crippen LogP contribution in [0.25, 0.3) is 0 Å². The maximum atomic E-state index is 12.9. The molecule has 11 heteroatoms. The van der Waals surface area contributed by atoms with Crippen molar-refractivity contribution in [3.05, 3.63) is 52.3 Å². The first-order valence-electron chi connectivity index (χ1n) is 7.26. The van der Waals surface area contributed by atoms with Gasteiger partial charge in [0.15, 0.2) is 0 Å². The highest BCUT2D eigenvalue weighted by molar-refractivity contribution is 7.79. The number of imide groups is 1. The van der Waals surface area contributed by atoms with Gasteiger partial charge in [-0.3, -0.25) is 4.79 Å². The lowest BCUT2D eigenvalue weighted by atomic mass is 10.2. The molecule has 6 nitrogen and oxygen atoms in total. The Morgan fingerprint density at radius 3 is 2.44 bits per heavy atom. The van der Waals surface area contributed by atoms with Crippen molar-refractivity contribution in [3.8, 4) is 5.75 Å². The number of nitrogens with zero attached hydrogens (tertiary/aromatic N) is 2. The third-order valence-corrected chi connectivity index (χ3v) is 3.83. The second-order valence-electron chi connectivity index (χ2n) is 5.31. The van der Waals surface area contributed by atoms with Crippen molar-refractivity contribution in [2.45, 2.75) is 13.1 Å². The molecular formula is C16H13ClF3N3O3S. The number of carbonyl (C=O) groups excluding carboxylic acids is 2. The van der Waals surface area contributed by atoms with Crippen LogP contribution >= 0.6 is 24.4 Å². The maximum absolute atomic E-state index is 12.9. The normalized spacial score (nSPS) is 11.1. The van der Waals surface area contributed by atoms with Crippen molar-refractivity contribution < 1.29 is 27.5 Å². The number of urea groups is 1. The van der Waals surface area contributed by atoms with Gasteiger partial charge in [-0.2, -0.15) is 13.2 Å². The Morgan fingerprint density at radius 2 is 1.89 bits per heavy atom. The van der Waals surface area contributed by atoms with Gasteiger partial charge < -0.3 is 10.1 Å². The van der Waals surface area contributed by atoms with E-state index in [4.69, 9.17) is 16.3 Å². The highest BCUT2D eigenvalue weighted by atomic mass is 35.5. The number of nitrogens with one attached hydrogen (secondary N) is 1. The molecule has 1 N–H and O–H groups in total. The summed E-state index contributed by atoms with van der Waals surface area (Å²) in [5.74, 6) is -0.948. The zero-order chi connectivity index (χ0) is 20.4. The number of benzene rings is 1. The van der Waals surface area contributed by atoms with E-state index in [2.05, 4.69) is 23.1 Å². The van der Waals surface area contributed by atoms with Crippen molar-refractivity contribution in [2.24, 2.45) is 0 Å². The van der Waals surface area contributed by atoms with Gasteiger partial charge in [-0.1, -0.05) is 24.4 Å². The van der Waals surface area contributed by atoms with E-state index in [-0.39, 0.29) is 22.2 Å². The summed E-state index contributed by atoms with van der Waals surface area (Å²) in [4.78, 5) is 28.4. The van der Waals surface area contributed by atoms with Gasteiger partial charge in [-0.05, 0) is 31.2 Å². The highest BCUT2D eigenvalue weighted by Crippen LogP contribution is 2.34. The van der Waals surface area contributed by atoms with Crippen LogP contribution in [0.3, 0.4) is 0 Å². The largest absolute Gasteiger partial charge is 0.497 e. The fourth-order valence-electron chi connectivity index (χ4n) is 2.10. The average molecular weight is 420 g/mol. The molecule has 0 saturated heterocycles. The van der Waals surface area contributed by atoms with Crippen LogP contribution in [-0.2, 0) is 6.18 Å². The molecule has 0 atom stereocenters. The highest BCUT2D eigenvalue weighted by Gasteiger charge is 2.32. The molecule has 0 spiro atoms. The summed E-state index contributed by atoms with van der Waals surface area (Å²) >= 11 is 9.59. The third kappa shape index (κ3) is 5.27. The minimum atomic E-state index is -4.64. The second kappa shape index (κ2) is 8.05. The molecule has 0 radical (unpaired) electrons. The van der Waals surface area contributed by atoms with Gasteiger partial charge in [0.2, 0.25) is 0 Å². The first-order valence-corrected chi connectivity index (χ1v) is 8.04. The Morgan fingerprint density at radius 1 is 1.22 bits per heavy atom. The number of methoxy groups -OCH3 is 1. The summed E-state index contributed by atoms with van der Waals surface area (Å²) in [6.07, 6.45) is -4.64. The molecule has 27 heavy (non-hydrogen) atoms. The molecule has 1 aromatic heterocycles. The smallest absolute Gasteiger partial charge is 0.416 e. The summed E-state index contributed by atoms with van der Waals surface area (Å²) in [6.45, 7) is 1.60. The van der Waals surface area contributed by atoms with Gasteiger partial charge in [0.1, 0.15) is 10.9 Å². The molecular weight excluding hydrogens is 407 g/mol. The standard InChI is InChI=1S/C16H13ClF3N3O3S/c1-8-3-9(4-13(17)21-8)14(24)23(27)15(25)22-11-5-10(16(18,19)20)6-12(7-11)26-2/h3-7,27H,1-2H3,(H,22,25). The van der Waals surface area contributed by atoms with E-state index >= 15 is 0 Å². The number of aromatic nitrogens is 1. The fraction of sp³-hybridized carbons (Fsp3) is 0.188. The molecule has 1 aromatic carbocycles. The molecule has 0 aliphatic rings. The second-order valence-corrected chi connectivity index (χ2v) is 6.10. The van der Waals surface area contributed by atoms with E-state index in [1.807, 2.05) is 0 Å². The Bertz CT molecular complexity index is 873. The van der Waals surface area contributed by atoms with Crippen molar-refractivity contribution in [1.29, 1.82) is 0 Å². The van der Waals surface area contributed by atoms with E-state index in [1.165, 1.54) is 25.3 Å². The Kier molecular flexibility index (Phi) is 6.22. The predicted molar refractivity (Wildman–Crippen MR) is 96.2 cm³/mol. The van der Waals surface area contributed by atoms with Gasteiger partial charge in [0, 0.05) is 23.0 Å². The zero-order valence-corrected chi connectivity index (χ0v) is 15.6. The molecule has 0 bridgehead atoms. The first kappa shape index (κ1) is 20.8. The lowest BCUT2D eigenvalue weighted by Crippen LogP contribution is -2.32. The van der Waals surface area contributed by atoms with E-state index in [1.54, 1.807) is 6.92 Å². The van der Waals surface area contributed by atoms with Crippen LogP contribution in [0.1, 0.15) is 21.6 Å². The number of anilines is 1. The van der Waals surface area contributed by atoms with E-state index in [9.17, 15) is 22.8 Å². The fourth-order valence-corrected chi connectivity index (χ4v) is 2.51. The van der Waals surface area contributed by atoms with Gasteiger partial charge in [-0.25, -0.2) is 14.1 Å². The number of carbonyl (C=O) groups is 2. The SMILES string of the molecule is COc1cc(NC(=O)N(S)C(=O)c2cc(C)nc(Cl)c2)cc(C(F)(F)F)c1. The van der Waals surface area contributed by atoms with Crippen LogP contribution < -0.4 is 10.1 Å². The number of pyridine rings is 1. The number of hydrogen-bond acceptors (Lipinski definition) is 5. The molecule has 144 valence electrons. The van der Waals surface area contributed by atoms with Gasteiger partial charge in [-0.15, -0.1) is 0 Å². The molecule has 0 aliphatic heterocycles. The van der Waals surface area contributed by atoms with Crippen LogP contribution in [0.5, 0.6) is 5.75 Å². The molecule has 0 fully saturated rings. The van der Waals surface area contributed by atoms with Crippen LogP contribution in [0.2, 0.25) is 5.15 Å². The molecule has 0 unspecified atom stereocenters. The van der Waals surface area contributed by atoms with E-state index in [0.717, 1.165) is 6.07 Å². The van der Waals surface area contributed by atoms with Crippen molar-refractivity contribution in [1.82, 2.24) is 9.29 Å². The number of hydrogen-bond donors (Lipinski definition) is 2. The monoisotopic (exact) mass is 419 g/mol. The van der Waals surface area contributed by atoms with E-state index in [0.29, 0.717) is 16.1 Å². The predicted octanol–water partition coefficient (Wildman–Crippen LogP) is 4.59. The van der Waals surface area contributed by atoms with Gasteiger partial charge in [0.25, 0.3) is 5.91 Å². The quantitative estimate of drug-likeness (QED) is 0.564. The minimum absolute atomic E-state index is 0.0410. The van der Waals surface area contributed by atoms with Crippen LogP contribution in [0.15, 0.2) is 30.3 Å². The van der Waals surface area contributed by atoms with Crippen LogP contribution in [-0.4, -0.2) is 28.3 Å². The topological polar surface area (TPSA) is 71.5 Å². The van der Waals surface area contributed by atoms with Crippen molar-refractivity contribution in [2.75, 3.05) is 12.4 Å². The number of ether oxygens (including phenoxy) is 1. The third-order valence-electron chi connectivity index (χ3n) is 3.27. The van der Waals surface area contributed by atoms with Gasteiger partial charge in [0.05, 0.1) is 12.7 Å². The van der Waals surface area contributed by atoms with Crippen molar-refractivity contribution >= 4 is 42.0 Å². The molecule has 3 amide bonds. The lowest BCUT2D eigenvalue weighted by molar-refractivity contribution is -0.137. The van der Waals surface area contributed by atoms with Gasteiger partial charge >= 0.3 is 12.2 Å². The molecule has 2 aromatic rings. The zero-order valence-electron chi connectivity index (χ0n) is 14.0. The molecule has 1 heterocycles. The summed E-state index contributed by atoms with van der Waals surface area (Å²) in [7, 11) is 1.19. The first-order chi connectivity index (χ1) is 12.5. The van der Waals surface area contributed by atoms with Crippen molar-refractivity contribution in [3.63, 3.8) is 0 Å². The summed E-state index contributed by atoms with van der Waals surface area (Å²) in [6, 6.07) is 4.22. The molecule has 2 rings (SSSR count). The molecule has 0 saturated carbocycles. The Labute approximate surface area is 162 Å². The van der Waals surface area contributed by atoms with Crippen LogP contribution in [0, 0.1) is 6.92 Å². The molecule has 0 aliphatic carbocycles. The number of aryl methyl sites for hydroxylation is 1. The average Bonchev–Trinajstić information content (AvgIpc) is 2.58. The maximum Gasteiger partial charge on any atom is 0.416 e. The number of thiol groups is 1.